The first-order chi connectivity index (χ1) is 11.3. The second-order valence-electron chi connectivity index (χ2n) is 4.82. The summed E-state index contributed by atoms with van der Waals surface area (Å²) in [6.45, 7) is 0. The van der Waals surface area contributed by atoms with Crippen LogP contribution in [-0.2, 0) is 22.4 Å². The Morgan fingerprint density at radius 2 is 1.40 bits per heavy atom. The van der Waals surface area contributed by atoms with Gasteiger partial charge in [-0.3, -0.25) is 4.72 Å². The molecule has 0 unspecified atom stereocenters. The summed E-state index contributed by atoms with van der Waals surface area (Å²) >= 11 is 5.63. The van der Waals surface area contributed by atoms with Crippen molar-refractivity contribution in [2.45, 2.75) is 17.2 Å². The quantitative estimate of drug-likeness (QED) is 0.718. The van der Waals surface area contributed by atoms with E-state index in [-0.39, 0.29) is 0 Å². The number of halogens is 7. The van der Waals surface area contributed by atoms with Gasteiger partial charge in [-0.2, -0.15) is 26.3 Å². The molecule has 0 heterocycles. The summed E-state index contributed by atoms with van der Waals surface area (Å²) in [6.07, 6.45) is -9.43. The SMILES string of the molecule is O=S(=O)(Nc1ccc(C(F)(F)F)cc1Cl)c1cccc(C(F)(F)F)c1. The van der Waals surface area contributed by atoms with Crippen molar-refractivity contribution < 1.29 is 34.8 Å². The zero-order valence-corrected chi connectivity index (χ0v) is 13.5. The highest BCUT2D eigenvalue weighted by atomic mass is 35.5. The Hall–Kier alpha value is -1.94. The number of hydrogen-bond acceptors (Lipinski definition) is 2. The van der Waals surface area contributed by atoms with Crippen LogP contribution in [0.5, 0.6) is 0 Å². The minimum absolute atomic E-state index is 0.396. The van der Waals surface area contributed by atoms with Gasteiger partial charge in [0.05, 0.1) is 26.7 Å². The fourth-order valence-electron chi connectivity index (χ4n) is 1.82. The summed E-state index contributed by atoms with van der Waals surface area (Å²) in [4.78, 5) is -0.710. The van der Waals surface area contributed by atoms with Crippen LogP contribution in [0, 0.1) is 0 Å². The molecule has 0 saturated heterocycles. The van der Waals surface area contributed by atoms with E-state index in [4.69, 9.17) is 11.6 Å². The molecule has 2 aromatic carbocycles. The molecule has 3 nitrogen and oxygen atoms in total. The van der Waals surface area contributed by atoms with Crippen LogP contribution in [0.1, 0.15) is 11.1 Å². The van der Waals surface area contributed by atoms with Crippen molar-refractivity contribution in [1.29, 1.82) is 0 Å². The third-order valence-electron chi connectivity index (χ3n) is 3.01. The molecule has 0 fully saturated rings. The highest BCUT2D eigenvalue weighted by molar-refractivity contribution is 7.92. The number of nitrogens with one attached hydrogen (secondary N) is 1. The van der Waals surface area contributed by atoms with Crippen molar-refractivity contribution in [3.8, 4) is 0 Å². The van der Waals surface area contributed by atoms with E-state index in [9.17, 15) is 34.8 Å². The molecule has 0 spiro atoms. The van der Waals surface area contributed by atoms with Crippen molar-refractivity contribution in [1.82, 2.24) is 0 Å². The molecule has 0 saturated carbocycles. The van der Waals surface area contributed by atoms with Gasteiger partial charge in [0, 0.05) is 0 Å². The van der Waals surface area contributed by atoms with E-state index in [1.165, 1.54) is 0 Å². The summed E-state index contributed by atoms with van der Waals surface area (Å²) in [5.74, 6) is 0. The predicted octanol–water partition coefficient (Wildman–Crippen LogP) is 5.18. The number of sulfonamides is 1. The average molecular weight is 404 g/mol. The fraction of sp³-hybridized carbons (Fsp3) is 0.143. The molecule has 1 N–H and O–H groups in total. The second-order valence-corrected chi connectivity index (χ2v) is 6.91. The standard InChI is InChI=1S/C14H8ClF6NO2S/c15-11-7-9(14(19,20)21)4-5-12(11)22-25(23,24)10-3-1-2-8(6-10)13(16,17)18/h1-7,22H. The van der Waals surface area contributed by atoms with Crippen LogP contribution in [0.2, 0.25) is 5.02 Å². The molecule has 136 valence electrons. The van der Waals surface area contributed by atoms with Gasteiger partial charge in [-0.15, -0.1) is 0 Å². The normalized spacial score (nSPS) is 12.9. The Bertz CT molecular complexity index is 893. The Labute approximate surface area is 143 Å². The van der Waals surface area contributed by atoms with E-state index < -0.39 is 49.1 Å². The lowest BCUT2D eigenvalue weighted by atomic mass is 10.2. The molecule has 25 heavy (non-hydrogen) atoms. The Morgan fingerprint density at radius 3 is 1.92 bits per heavy atom. The third-order valence-corrected chi connectivity index (χ3v) is 4.69. The molecule has 2 aromatic rings. The molecular weight excluding hydrogens is 396 g/mol. The third kappa shape index (κ3) is 4.57. The van der Waals surface area contributed by atoms with Gasteiger partial charge in [0.1, 0.15) is 0 Å². The first kappa shape index (κ1) is 19.4. The van der Waals surface area contributed by atoms with Crippen LogP contribution in [0.3, 0.4) is 0 Å². The highest BCUT2D eigenvalue weighted by Crippen LogP contribution is 2.35. The number of hydrogen-bond donors (Lipinski definition) is 1. The highest BCUT2D eigenvalue weighted by Gasteiger charge is 2.33. The molecule has 11 heteroatoms. The lowest BCUT2D eigenvalue weighted by molar-refractivity contribution is -0.138. The first-order valence-corrected chi connectivity index (χ1v) is 8.23. The lowest BCUT2D eigenvalue weighted by Gasteiger charge is -2.13. The predicted molar refractivity (Wildman–Crippen MR) is 78.7 cm³/mol. The van der Waals surface area contributed by atoms with Crippen molar-refractivity contribution in [2.24, 2.45) is 0 Å². The maximum atomic E-state index is 12.7. The van der Waals surface area contributed by atoms with Crippen LogP contribution in [0.15, 0.2) is 47.4 Å². The van der Waals surface area contributed by atoms with Gasteiger partial charge in [0.15, 0.2) is 0 Å². The maximum Gasteiger partial charge on any atom is 0.416 e. The average Bonchev–Trinajstić information content (AvgIpc) is 2.47. The molecule has 0 atom stereocenters. The monoisotopic (exact) mass is 403 g/mol. The zero-order valence-electron chi connectivity index (χ0n) is 11.9. The zero-order chi connectivity index (χ0) is 19.0. The van der Waals surface area contributed by atoms with Gasteiger partial charge in [-0.05, 0) is 36.4 Å². The van der Waals surface area contributed by atoms with Crippen LogP contribution in [0.4, 0.5) is 32.0 Å². The number of rotatable bonds is 3. The largest absolute Gasteiger partial charge is 0.416 e. The molecule has 0 aromatic heterocycles. The van der Waals surface area contributed by atoms with Crippen LogP contribution in [-0.4, -0.2) is 8.42 Å². The minimum atomic E-state index is -4.75. The van der Waals surface area contributed by atoms with Crippen LogP contribution in [0.25, 0.3) is 0 Å². The first-order valence-electron chi connectivity index (χ1n) is 6.37. The van der Waals surface area contributed by atoms with Crippen LogP contribution >= 0.6 is 11.6 Å². The van der Waals surface area contributed by atoms with Crippen LogP contribution < -0.4 is 4.72 Å². The molecule has 0 aliphatic heterocycles. The Morgan fingerprint density at radius 1 is 0.840 bits per heavy atom. The van der Waals surface area contributed by atoms with E-state index in [0.717, 1.165) is 18.2 Å². The molecule has 0 radical (unpaired) electrons. The van der Waals surface area contributed by atoms with Gasteiger partial charge >= 0.3 is 12.4 Å². The smallest absolute Gasteiger partial charge is 0.278 e. The van der Waals surface area contributed by atoms with Crippen molar-refractivity contribution in [2.75, 3.05) is 4.72 Å². The van der Waals surface area contributed by atoms with E-state index in [1.54, 1.807) is 0 Å². The summed E-state index contributed by atoms with van der Waals surface area (Å²) in [5.41, 5.74) is -2.68. The Balaban J connectivity index is 2.37. The molecule has 0 aliphatic carbocycles. The van der Waals surface area contributed by atoms with Gasteiger partial charge in [0.25, 0.3) is 10.0 Å². The second kappa shape index (κ2) is 6.41. The fourth-order valence-corrected chi connectivity index (χ4v) is 3.23. The summed E-state index contributed by atoms with van der Waals surface area (Å²) in [5, 5.41) is -0.551. The maximum absolute atomic E-state index is 12.7. The number of benzene rings is 2. The summed E-state index contributed by atoms with van der Waals surface area (Å²) in [6, 6.07) is 4.77. The molecule has 0 bridgehead atoms. The lowest BCUT2D eigenvalue weighted by Crippen LogP contribution is -2.15. The van der Waals surface area contributed by atoms with Gasteiger partial charge < -0.3 is 0 Å². The van der Waals surface area contributed by atoms with Gasteiger partial charge in [0.2, 0.25) is 0 Å². The van der Waals surface area contributed by atoms with Crippen molar-refractivity contribution in [3.05, 3.63) is 58.6 Å². The summed E-state index contributed by atoms with van der Waals surface area (Å²) in [7, 11) is -4.48. The number of alkyl halides is 6. The molecule has 2 rings (SSSR count). The van der Waals surface area contributed by atoms with Crippen molar-refractivity contribution in [3.63, 3.8) is 0 Å². The van der Waals surface area contributed by atoms with Crippen molar-refractivity contribution >= 4 is 27.3 Å². The van der Waals surface area contributed by atoms with E-state index in [1.807, 2.05) is 4.72 Å². The minimum Gasteiger partial charge on any atom is -0.278 e. The molecular formula is C14H8ClF6NO2S. The van der Waals surface area contributed by atoms with Gasteiger partial charge in [-0.1, -0.05) is 17.7 Å². The number of anilines is 1. The van der Waals surface area contributed by atoms with E-state index >= 15 is 0 Å². The van der Waals surface area contributed by atoms with E-state index in [0.29, 0.717) is 24.3 Å². The molecule has 0 aliphatic rings. The van der Waals surface area contributed by atoms with E-state index in [2.05, 4.69) is 0 Å². The molecule has 0 amide bonds. The topological polar surface area (TPSA) is 46.2 Å². The Kier molecular flexibility index (Phi) is 4.97. The van der Waals surface area contributed by atoms with Gasteiger partial charge in [-0.25, -0.2) is 8.42 Å². The summed E-state index contributed by atoms with van der Waals surface area (Å²) < 4.78 is 102.